The van der Waals surface area contributed by atoms with Crippen molar-refractivity contribution in [2.75, 3.05) is 44.3 Å². The molecule has 5 nitrogen and oxygen atoms in total. The summed E-state index contributed by atoms with van der Waals surface area (Å²) in [6.07, 6.45) is 3.45. The lowest BCUT2D eigenvalue weighted by Crippen LogP contribution is -2.40. The van der Waals surface area contributed by atoms with Crippen molar-refractivity contribution in [3.05, 3.63) is 24.0 Å². The Balaban J connectivity index is 2.15. The molecule has 0 N–H and O–H groups in total. The van der Waals surface area contributed by atoms with Crippen LogP contribution in [0.15, 0.2) is 18.5 Å². The van der Waals surface area contributed by atoms with Gasteiger partial charge in [0.1, 0.15) is 0 Å². The van der Waals surface area contributed by atoms with Crippen molar-refractivity contribution in [1.82, 2.24) is 9.88 Å². The minimum atomic E-state index is 0.0461. The molecule has 0 bridgehead atoms. The van der Waals surface area contributed by atoms with Gasteiger partial charge >= 0.3 is 0 Å². The molecule has 0 atom stereocenters. The van der Waals surface area contributed by atoms with Crippen LogP contribution in [0.1, 0.15) is 24.2 Å². The number of pyridine rings is 1. The summed E-state index contributed by atoms with van der Waals surface area (Å²) in [6, 6.07) is 1.93. The van der Waals surface area contributed by atoms with Crippen LogP contribution in [0.4, 0.5) is 5.69 Å². The highest BCUT2D eigenvalue weighted by molar-refractivity contribution is 5.94. The molecule has 1 aliphatic heterocycles. The van der Waals surface area contributed by atoms with Crippen molar-refractivity contribution in [2.24, 2.45) is 0 Å². The lowest BCUT2D eigenvalue weighted by Gasteiger charge is -2.27. The maximum Gasteiger partial charge on any atom is 0.255 e. The topological polar surface area (TPSA) is 45.7 Å². The van der Waals surface area contributed by atoms with Crippen LogP contribution in [-0.2, 0) is 4.74 Å². The van der Waals surface area contributed by atoms with Gasteiger partial charge < -0.3 is 14.5 Å². The van der Waals surface area contributed by atoms with Gasteiger partial charge in [0.25, 0.3) is 5.91 Å². The molecule has 1 amide bonds. The summed E-state index contributed by atoms with van der Waals surface area (Å²) in [4.78, 5) is 20.6. The lowest BCUT2D eigenvalue weighted by atomic mass is 10.2. The first-order valence-electron chi connectivity index (χ1n) is 6.83. The molecule has 1 fully saturated rings. The lowest BCUT2D eigenvalue weighted by molar-refractivity contribution is 0.0302. The van der Waals surface area contributed by atoms with Crippen LogP contribution in [0.5, 0.6) is 0 Å². The maximum atomic E-state index is 12.4. The van der Waals surface area contributed by atoms with Crippen LogP contribution in [0.25, 0.3) is 0 Å². The van der Waals surface area contributed by atoms with Crippen molar-refractivity contribution >= 4 is 11.6 Å². The summed E-state index contributed by atoms with van der Waals surface area (Å²) < 4.78 is 5.26. The van der Waals surface area contributed by atoms with Gasteiger partial charge in [-0.2, -0.15) is 0 Å². The van der Waals surface area contributed by atoms with E-state index in [0.29, 0.717) is 31.9 Å². The number of amides is 1. The fourth-order valence-electron chi connectivity index (χ4n) is 2.26. The fraction of sp³-hybridized carbons (Fsp3) is 0.571. The number of morpholine rings is 1. The molecule has 1 aromatic rings. The van der Waals surface area contributed by atoms with E-state index in [0.717, 1.165) is 18.8 Å². The van der Waals surface area contributed by atoms with E-state index in [2.05, 4.69) is 23.7 Å². The van der Waals surface area contributed by atoms with Crippen molar-refractivity contribution < 1.29 is 9.53 Å². The molecule has 2 rings (SSSR count). The van der Waals surface area contributed by atoms with Gasteiger partial charge in [0, 0.05) is 32.4 Å². The summed E-state index contributed by atoms with van der Waals surface area (Å²) in [6.45, 7) is 8.58. The third-order valence-electron chi connectivity index (χ3n) is 3.40. The molecular weight excluding hydrogens is 242 g/mol. The minimum Gasteiger partial charge on any atom is -0.378 e. The second-order valence-corrected chi connectivity index (χ2v) is 4.51. The van der Waals surface area contributed by atoms with E-state index in [9.17, 15) is 4.79 Å². The standard InChI is InChI=1S/C14H21N3O2/c1-3-16(4-2)13-9-12(10-15-11-13)14(18)17-5-7-19-8-6-17/h9-11H,3-8H2,1-2H3. The number of ether oxygens (including phenoxy) is 1. The second kappa shape index (κ2) is 6.52. The highest BCUT2D eigenvalue weighted by Gasteiger charge is 2.19. The Morgan fingerprint density at radius 1 is 1.32 bits per heavy atom. The average Bonchev–Trinajstić information content (AvgIpc) is 2.49. The third-order valence-corrected chi connectivity index (χ3v) is 3.40. The molecule has 0 aromatic carbocycles. The highest BCUT2D eigenvalue weighted by atomic mass is 16.5. The SMILES string of the molecule is CCN(CC)c1cncc(C(=O)N2CCOCC2)c1. The molecule has 5 heteroatoms. The van der Waals surface area contributed by atoms with Crippen LogP contribution in [0.2, 0.25) is 0 Å². The van der Waals surface area contributed by atoms with Crippen LogP contribution < -0.4 is 4.90 Å². The molecular formula is C14H21N3O2. The summed E-state index contributed by atoms with van der Waals surface area (Å²) in [5, 5.41) is 0. The zero-order valence-corrected chi connectivity index (χ0v) is 11.6. The van der Waals surface area contributed by atoms with Crippen LogP contribution in [0.3, 0.4) is 0 Å². The van der Waals surface area contributed by atoms with Gasteiger partial charge in [0.2, 0.25) is 0 Å². The first-order valence-corrected chi connectivity index (χ1v) is 6.83. The van der Waals surface area contributed by atoms with E-state index in [1.807, 2.05) is 17.2 Å². The van der Waals surface area contributed by atoms with Crippen LogP contribution in [-0.4, -0.2) is 55.2 Å². The highest BCUT2D eigenvalue weighted by Crippen LogP contribution is 2.16. The Hall–Kier alpha value is -1.62. The van der Waals surface area contributed by atoms with Crippen molar-refractivity contribution in [2.45, 2.75) is 13.8 Å². The van der Waals surface area contributed by atoms with E-state index >= 15 is 0 Å². The molecule has 1 aliphatic rings. The molecule has 0 radical (unpaired) electrons. The van der Waals surface area contributed by atoms with Gasteiger partial charge in [-0.05, 0) is 19.9 Å². The number of aromatic nitrogens is 1. The summed E-state index contributed by atoms with van der Waals surface area (Å²) in [5.41, 5.74) is 1.66. The minimum absolute atomic E-state index is 0.0461. The monoisotopic (exact) mass is 263 g/mol. The van der Waals surface area contributed by atoms with Crippen LogP contribution >= 0.6 is 0 Å². The van der Waals surface area contributed by atoms with Crippen LogP contribution in [0, 0.1) is 0 Å². The molecule has 0 aliphatic carbocycles. The normalized spacial score (nSPS) is 15.4. The summed E-state index contributed by atoms with van der Waals surface area (Å²) >= 11 is 0. The Labute approximate surface area is 114 Å². The largest absolute Gasteiger partial charge is 0.378 e. The van der Waals surface area contributed by atoms with E-state index in [4.69, 9.17) is 4.74 Å². The van der Waals surface area contributed by atoms with E-state index in [1.165, 1.54) is 0 Å². The van der Waals surface area contributed by atoms with Gasteiger partial charge in [-0.25, -0.2) is 0 Å². The number of hydrogen-bond acceptors (Lipinski definition) is 4. The van der Waals surface area contributed by atoms with Gasteiger partial charge in [0.15, 0.2) is 0 Å². The number of rotatable bonds is 4. The number of nitrogens with zero attached hydrogens (tertiary/aromatic N) is 3. The first kappa shape index (κ1) is 13.8. The Morgan fingerprint density at radius 2 is 2.00 bits per heavy atom. The number of hydrogen-bond donors (Lipinski definition) is 0. The predicted molar refractivity (Wildman–Crippen MR) is 74.5 cm³/mol. The van der Waals surface area contributed by atoms with Gasteiger partial charge in [-0.15, -0.1) is 0 Å². The Morgan fingerprint density at radius 3 is 2.63 bits per heavy atom. The molecule has 0 unspecified atom stereocenters. The average molecular weight is 263 g/mol. The van der Waals surface area contributed by atoms with E-state index < -0.39 is 0 Å². The van der Waals surface area contributed by atoms with Gasteiger partial charge in [-0.1, -0.05) is 0 Å². The molecule has 19 heavy (non-hydrogen) atoms. The van der Waals surface area contributed by atoms with Gasteiger partial charge in [-0.3, -0.25) is 9.78 Å². The Kier molecular flexibility index (Phi) is 4.74. The van der Waals surface area contributed by atoms with Crippen molar-refractivity contribution in [3.63, 3.8) is 0 Å². The van der Waals surface area contributed by atoms with Crippen molar-refractivity contribution in [3.8, 4) is 0 Å². The third kappa shape index (κ3) is 3.23. The zero-order valence-electron chi connectivity index (χ0n) is 11.6. The molecule has 0 spiro atoms. The molecule has 1 aromatic heterocycles. The number of anilines is 1. The fourth-order valence-corrected chi connectivity index (χ4v) is 2.26. The van der Waals surface area contributed by atoms with E-state index in [-0.39, 0.29) is 5.91 Å². The Bertz CT molecular complexity index is 426. The number of carbonyl (C=O) groups excluding carboxylic acids is 1. The summed E-state index contributed by atoms with van der Waals surface area (Å²) in [5.74, 6) is 0.0461. The van der Waals surface area contributed by atoms with Crippen molar-refractivity contribution in [1.29, 1.82) is 0 Å². The molecule has 1 saturated heterocycles. The smallest absolute Gasteiger partial charge is 0.255 e. The zero-order chi connectivity index (χ0) is 13.7. The molecule has 104 valence electrons. The number of carbonyl (C=O) groups is 1. The quantitative estimate of drug-likeness (QED) is 0.824. The predicted octanol–water partition coefficient (Wildman–Crippen LogP) is 1.40. The van der Waals surface area contributed by atoms with Gasteiger partial charge in [0.05, 0.1) is 30.7 Å². The first-order chi connectivity index (χ1) is 9.26. The molecule has 2 heterocycles. The summed E-state index contributed by atoms with van der Waals surface area (Å²) in [7, 11) is 0. The molecule has 0 saturated carbocycles. The second-order valence-electron chi connectivity index (χ2n) is 4.51. The maximum absolute atomic E-state index is 12.4. The van der Waals surface area contributed by atoms with E-state index in [1.54, 1.807) is 6.20 Å².